The molecule has 1 aliphatic carbocycles. The zero-order valence-corrected chi connectivity index (χ0v) is 20.6. The van der Waals surface area contributed by atoms with Crippen molar-refractivity contribution in [1.82, 2.24) is 14.5 Å². The molecule has 2 aromatic heterocycles. The number of aryl methyl sites for hydroxylation is 3. The number of fused-ring (bicyclic) bond motifs is 1. The van der Waals surface area contributed by atoms with Crippen LogP contribution in [-0.4, -0.2) is 25.6 Å². The molecule has 5 heteroatoms. The fraction of sp³-hybridized carbons (Fsp3) is 0.367. The molecule has 1 fully saturated rings. The lowest BCUT2D eigenvalue weighted by Crippen LogP contribution is -2.05. The summed E-state index contributed by atoms with van der Waals surface area (Å²) >= 11 is 0. The normalized spacial score (nSPS) is 13.4. The summed E-state index contributed by atoms with van der Waals surface area (Å²) in [6.07, 6.45) is 6.44. The minimum absolute atomic E-state index is 0.257. The van der Waals surface area contributed by atoms with Gasteiger partial charge in [0, 0.05) is 29.8 Å². The lowest BCUT2D eigenvalue weighted by Gasteiger charge is -2.13. The molecule has 1 saturated carbocycles. The Balaban J connectivity index is 1.56. The van der Waals surface area contributed by atoms with Gasteiger partial charge in [0.2, 0.25) is 0 Å². The molecule has 0 saturated heterocycles. The zero-order chi connectivity index (χ0) is 24.4. The quantitative estimate of drug-likeness (QED) is 0.249. The van der Waals surface area contributed by atoms with E-state index in [0.29, 0.717) is 5.92 Å². The molecule has 0 amide bonds. The summed E-state index contributed by atoms with van der Waals surface area (Å²) in [7, 11) is 0. The van der Waals surface area contributed by atoms with E-state index in [0.717, 1.165) is 65.9 Å². The van der Waals surface area contributed by atoms with Crippen LogP contribution < -0.4 is 0 Å². The third kappa shape index (κ3) is 5.29. The van der Waals surface area contributed by atoms with E-state index in [1.54, 1.807) is 0 Å². The van der Waals surface area contributed by atoms with Crippen molar-refractivity contribution in [2.24, 2.45) is 0 Å². The Hall–Kier alpha value is -3.47. The van der Waals surface area contributed by atoms with Crippen LogP contribution in [0.5, 0.6) is 0 Å². The second-order valence-corrected chi connectivity index (χ2v) is 9.92. The fourth-order valence-corrected chi connectivity index (χ4v) is 4.91. The third-order valence-electron chi connectivity index (χ3n) is 6.86. The predicted molar refractivity (Wildman–Crippen MR) is 141 cm³/mol. The standard InChI is InChI=1S/C30H33N3O2/c1-20-9-7-11-23(17-20)28-29(24-12-8-10-21(2)18-24)32-30-25(31-28)19-26(22-14-15-22)33(30)16-6-4-3-5-13-27(34)35/h7-12,17-19,22H,3-6,13-16H2,1-2H3,(H,34,35). The van der Waals surface area contributed by atoms with Crippen molar-refractivity contribution in [3.8, 4) is 22.5 Å². The molecule has 0 spiro atoms. The summed E-state index contributed by atoms with van der Waals surface area (Å²) in [5, 5.41) is 8.88. The van der Waals surface area contributed by atoms with Gasteiger partial charge in [0.25, 0.3) is 0 Å². The smallest absolute Gasteiger partial charge is 0.303 e. The second kappa shape index (κ2) is 10.0. The van der Waals surface area contributed by atoms with Gasteiger partial charge in [0.15, 0.2) is 5.65 Å². The van der Waals surface area contributed by atoms with E-state index in [2.05, 4.69) is 73.0 Å². The molecule has 0 atom stereocenters. The highest BCUT2D eigenvalue weighted by atomic mass is 16.4. The van der Waals surface area contributed by atoms with Crippen LogP contribution in [0.2, 0.25) is 0 Å². The van der Waals surface area contributed by atoms with Gasteiger partial charge in [0.05, 0.1) is 11.4 Å². The van der Waals surface area contributed by atoms with Crippen molar-refractivity contribution in [3.63, 3.8) is 0 Å². The molecule has 4 aromatic rings. The van der Waals surface area contributed by atoms with E-state index in [9.17, 15) is 4.79 Å². The molecule has 35 heavy (non-hydrogen) atoms. The molecule has 0 aliphatic heterocycles. The van der Waals surface area contributed by atoms with E-state index in [-0.39, 0.29) is 6.42 Å². The molecule has 5 rings (SSSR count). The minimum Gasteiger partial charge on any atom is -0.481 e. The van der Waals surface area contributed by atoms with E-state index in [1.165, 1.54) is 29.7 Å². The first-order valence-electron chi connectivity index (χ1n) is 12.8. The van der Waals surface area contributed by atoms with Crippen molar-refractivity contribution in [1.29, 1.82) is 0 Å². The maximum absolute atomic E-state index is 10.8. The summed E-state index contributed by atoms with van der Waals surface area (Å²) in [5.41, 5.74) is 9.72. The Morgan fingerprint density at radius 1 is 0.886 bits per heavy atom. The van der Waals surface area contributed by atoms with Crippen LogP contribution in [-0.2, 0) is 11.3 Å². The van der Waals surface area contributed by atoms with Crippen molar-refractivity contribution in [2.75, 3.05) is 0 Å². The molecule has 5 nitrogen and oxygen atoms in total. The number of rotatable bonds is 10. The van der Waals surface area contributed by atoms with E-state index < -0.39 is 5.97 Å². The predicted octanol–water partition coefficient (Wildman–Crippen LogP) is 7.29. The Bertz CT molecular complexity index is 1370. The summed E-state index contributed by atoms with van der Waals surface area (Å²) < 4.78 is 2.39. The highest BCUT2D eigenvalue weighted by Crippen LogP contribution is 2.43. The van der Waals surface area contributed by atoms with Crippen LogP contribution in [0, 0.1) is 13.8 Å². The van der Waals surface area contributed by atoms with Gasteiger partial charge < -0.3 is 9.67 Å². The number of aliphatic carboxylic acids is 1. The number of unbranched alkanes of at least 4 members (excludes halogenated alkanes) is 3. The summed E-state index contributed by atoms with van der Waals surface area (Å²) in [4.78, 5) is 21.3. The van der Waals surface area contributed by atoms with Gasteiger partial charge >= 0.3 is 5.97 Å². The van der Waals surface area contributed by atoms with E-state index in [4.69, 9.17) is 15.1 Å². The molecule has 0 bridgehead atoms. The first-order chi connectivity index (χ1) is 17.0. The Morgan fingerprint density at radius 3 is 2.11 bits per heavy atom. The Morgan fingerprint density at radius 2 is 1.51 bits per heavy atom. The second-order valence-electron chi connectivity index (χ2n) is 9.92. The lowest BCUT2D eigenvalue weighted by atomic mass is 10.0. The number of carboxylic acids is 1. The molecule has 2 heterocycles. The maximum Gasteiger partial charge on any atom is 0.303 e. The summed E-state index contributed by atoms with van der Waals surface area (Å²) in [6.45, 7) is 5.12. The monoisotopic (exact) mass is 467 g/mol. The van der Waals surface area contributed by atoms with Crippen LogP contribution >= 0.6 is 0 Å². The van der Waals surface area contributed by atoms with Crippen LogP contribution in [0.25, 0.3) is 33.7 Å². The van der Waals surface area contributed by atoms with Crippen LogP contribution in [0.1, 0.15) is 67.7 Å². The molecule has 180 valence electrons. The van der Waals surface area contributed by atoms with Crippen molar-refractivity contribution in [2.45, 2.75) is 71.3 Å². The highest BCUT2D eigenvalue weighted by molar-refractivity contribution is 5.86. The first-order valence-corrected chi connectivity index (χ1v) is 12.8. The molecule has 0 radical (unpaired) electrons. The first kappa shape index (κ1) is 23.3. The number of nitrogens with zero attached hydrogens (tertiary/aromatic N) is 3. The summed E-state index contributed by atoms with van der Waals surface area (Å²) in [5.74, 6) is -0.108. The molecular formula is C30H33N3O2. The molecule has 2 aromatic carbocycles. The van der Waals surface area contributed by atoms with Crippen molar-refractivity contribution >= 4 is 17.1 Å². The minimum atomic E-state index is -0.708. The molecule has 1 aliphatic rings. The summed E-state index contributed by atoms with van der Waals surface area (Å²) in [6, 6.07) is 19.3. The number of aromatic nitrogens is 3. The zero-order valence-electron chi connectivity index (χ0n) is 20.6. The van der Waals surface area contributed by atoms with Gasteiger partial charge in [0.1, 0.15) is 5.52 Å². The van der Waals surface area contributed by atoms with Gasteiger partial charge in [-0.1, -0.05) is 60.4 Å². The average molecular weight is 468 g/mol. The number of carbonyl (C=O) groups is 1. The van der Waals surface area contributed by atoms with Gasteiger partial charge in [-0.05, 0) is 63.6 Å². The number of benzene rings is 2. The lowest BCUT2D eigenvalue weighted by molar-refractivity contribution is -0.137. The van der Waals surface area contributed by atoms with Gasteiger partial charge in [-0.2, -0.15) is 0 Å². The number of hydrogen-bond acceptors (Lipinski definition) is 3. The number of carboxylic acid groups (broad SMARTS) is 1. The Kier molecular flexibility index (Phi) is 6.67. The highest BCUT2D eigenvalue weighted by Gasteiger charge is 2.29. The van der Waals surface area contributed by atoms with Crippen molar-refractivity contribution < 1.29 is 9.90 Å². The largest absolute Gasteiger partial charge is 0.481 e. The topological polar surface area (TPSA) is 68.0 Å². The van der Waals surface area contributed by atoms with E-state index >= 15 is 0 Å². The molecular weight excluding hydrogens is 434 g/mol. The van der Waals surface area contributed by atoms with Crippen LogP contribution in [0.3, 0.4) is 0 Å². The fourth-order valence-electron chi connectivity index (χ4n) is 4.91. The van der Waals surface area contributed by atoms with Crippen LogP contribution in [0.4, 0.5) is 0 Å². The Labute approximate surface area is 206 Å². The SMILES string of the molecule is Cc1cccc(-c2nc3cc(C4CC4)n(CCCCCCC(=O)O)c3nc2-c2cccc(C)c2)c1. The average Bonchev–Trinajstić information content (AvgIpc) is 3.62. The van der Waals surface area contributed by atoms with Crippen LogP contribution in [0.15, 0.2) is 54.6 Å². The molecule has 1 N–H and O–H groups in total. The molecule has 0 unspecified atom stereocenters. The number of hydrogen-bond donors (Lipinski definition) is 1. The van der Waals surface area contributed by atoms with Gasteiger partial charge in [-0.25, -0.2) is 9.97 Å². The maximum atomic E-state index is 10.8. The third-order valence-corrected chi connectivity index (χ3v) is 6.86. The van der Waals surface area contributed by atoms with Gasteiger partial charge in [-0.3, -0.25) is 4.79 Å². The van der Waals surface area contributed by atoms with Crippen molar-refractivity contribution in [3.05, 3.63) is 71.4 Å². The van der Waals surface area contributed by atoms with E-state index in [1.807, 2.05) is 0 Å². The van der Waals surface area contributed by atoms with Gasteiger partial charge in [-0.15, -0.1) is 0 Å².